The molecule has 0 spiro atoms. The lowest BCUT2D eigenvalue weighted by Gasteiger charge is -2.29. The summed E-state index contributed by atoms with van der Waals surface area (Å²) < 4.78 is 28.0. The molecule has 2 aliphatic heterocycles. The molecule has 6 nitrogen and oxygen atoms in total. The maximum Gasteiger partial charge on any atom is 0.234 e. The van der Waals surface area contributed by atoms with Crippen LogP contribution in [0.2, 0.25) is 0 Å². The summed E-state index contributed by atoms with van der Waals surface area (Å²) >= 11 is 0. The number of hydrogen-bond donors (Lipinski definition) is 0. The normalized spacial score (nSPS) is 24.1. The molecular formula is C15H21N3O3S. The van der Waals surface area contributed by atoms with Gasteiger partial charge in [-0.1, -0.05) is 0 Å². The third-order valence-electron chi connectivity index (χ3n) is 3.99. The number of aliphatic imine (C=N–C) groups is 1. The Morgan fingerprint density at radius 2 is 1.73 bits per heavy atom. The van der Waals surface area contributed by atoms with Crippen LogP contribution in [0.4, 0.5) is 5.69 Å². The minimum absolute atomic E-state index is 0.544. The number of nitrogens with zero attached hydrogens (tertiary/aromatic N) is 3. The average Bonchev–Trinajstić information content (AvgIpc) is 2.53. The van der Waals surface area contributed by atoms with Crippen molar-refractivity contribution in [1.82, 2.24) is 4.90 Å². The van der Waals surface area contributed by atoms with E-state index < -0.39 is 9.73 Å². The quantitative estimate of drug-likeness (QED) is 0.839. The zero-order valence-electron chi connectivity index (χ0n) is 13.2. The molecule has 3 rings (SSSR count). The second-order valence-electron chi connectivity index (χ2n) is 5.53. The third kappa shape index (κ3) is 2.65. The summed E-state index contributed by atoms with van der Waals surface area (Å²) in [7, 11) is 0.608. The van der Waals surface area contributed by atoms with Gasteiger partial charge in [0, 0.05) is 31.5 Å². The molecule has 0 amide bonds. The van der Waals surface area contributed by atoms with E-state index in [1.54, 1.807) is 32.6 Å². The molecule has 2 heterocycles. The van der Waals surface area contributed by atoms with Gasteiger partial charge in [-0.25, -0.2) is 9.20 Å². The lowest BCUT2D eigenvalue weighted by molar-refractivity contribution is 0.339. The minimum atomic E-state index is -2.53. The average molecular weight is 323 g/mol. The van der Waals surface area contributed by atoms with Crippen LogP contribution >= 0.6 is 0 Å². The predicted molar refractivity (Wildman–Crippen MR) is 86.8 cm³/mol. The van der Waals surface area contributed by atoms with E-state index in [2.05, 4.69) is 14.3 Å². The summed E-state index contributed by atoms with van der Waals surface area (Å²) in [5, 5.41) is 0. The zero-order valence-corrected chi connectivity index (χ0v) is 14.0. The summed E-state index contributed by atoms with van der Waals surface area (Å²) in [5.74, 6) is 1.70. The number of piperidine rings is 1. The minimum Gasteiger partial charge on any atom is -0.493 e. The van der Waals surface area contributed by atoms with Crippen LogP contribution < -0.4 is 9.47 Å². The van der Waals surface area contributed by atoms with Gasteiger partial charge in [0.15, 0.2) is 11.5 Å². The standard InChI is InChI=1S/C15H21N3O3S/c1-20-12-9-11-14(10-13(12)21-2)22(3,19)17-15(16-11)18-7-5-4-6-8-18/h9-10H,4-8H2,1-3H3. The molecule has 1 aromatic rings. The Balaban J connectivity index is 2.11. The van der Waals surface area contributed by atoms with Gasteiger partial charge in [-0.15, -0.1) is 0 Å². The zero-order chi connectivity index (χ0) is 15.7. The second-order valence-corrected chi connectivity index (χ2v) is 7.76. The molecule has 1 aromatic carbocycles. The Hall–Kier alpha value is -1.76. The molecule has 1 unspecified atom stereocenters. The number of benzene rings is 1. The third-order valence-corrected chi connectivity index (χ3v) is 5.64. The van der Waals surface area contributed by atoms with Crippen molar-refractivity contribution in [2.45, 2.75) is 24.2 Å². The predicted octanol–water partition coefficient (Wildman–Crippen LogP) is 2.65. The van der Waals surface area contributed by atoms with E-state index in [1.807, 2.05) is 0 Å². The van der Waals surface area contributed by atoms with Crippen molar-refractivity contribution in [3.63, 3.8) is 0 Å². The van der Waals surface area contributed by atoms with Crippen LogP contribution in [-0.4, -0.2) is 48.6 Å². The van der Waals surface area contributed by atoms with E-state index >= 15 is 0 Å². The van der Waals surface area contributed by atoms with Crippen LogP contribution in [0.1, 0.15) is 19.3 Å². The molecule has 0 aromatic heterocycles. The molecule has 0 aliphatic carbocycles. The fourth-order valence-corrected chi connectivity index (χ4v) is 4.18. The Kier molecular flexibility index (Phi) is 3.99. The summed E-state index contributed by atoms with van der Waals surface area (Å²) in [6.07, 6.45) is 5.12. The highest BCUT2D eigenvalue weighted by atomic mass is 32.2. The smallest absolute Gasteiger partial charge is 0.234 e. The first-order chi connectivity index (χ1) is 10.5. The number of ether oxygens (including phenoxy) is 2. The fourth-order valence-electron chi connectivity index (χ4n) is 2.80. The van der Waals surface area contributed by atoms with Gasteiger partial charge >= 0.3 is 0 Å². The molecule has 0 radical (unpaired) electrons. The second kappa shape index (κ2) is 5.79. The van der Waals surface area contributed by atoms with Crippen LogP contribution in [0.3, 0.4) is 0 Å². The first kappa shape index (κ1) is 15.1. The van der Waals surface area contributed by atoms with E-state index in [-0.39, 0.29) is 0 Å². The van der Waals surface area contributed by atoms with Crippen molar-refractivity contribution in [3.8, 4) is 11.5 Å². The lowest BCUT2D eigenvalue weighted by Crippen LogP contribution is -2.35. The molecule has 7 heteroatoms. The van der Waals surface area contributed by atoms with Gasteiger partial charge in [-0.05, 0) is 19.3 Å². The summed E-state index contributed by atoms with van der Waals surface area (Å²) in [6, 6.07) is 3.49. The van der Waals surface area contributed by atoms with Crippen molar-refractivity contribution in [3.05, 3.63) is 12.1 Å². The van der Waals surface area contributed by atoms with E-state index in [9.17, 15) is 4.21 Å². The highest BCUT2D eigenvalue weighted by Gasteiger charge is 2.25. The van der Waals surface area contributed by atoms with Gasteiger partial charge < -0.3 is 14.4 Å². The molecule has 1 saturated heterocycles. The lowest BCUT2D eigenvalue weighted by atomic mass is 10.1. The van der Waals surface area contributed by atoms with Crippen LogP contribution in [0.5, 0.6) is 11.5 Å². The van der Waals surface area contributed by atoms with Gasteiger partial charge in [0.1, 0.15) is 0 Å². The molecule has 0 N–H and O–H groups in total. The van der Waals surface area contributed by atoms with E-state index in [1.165, 1.54) is 6.42 Å². The van der Waals surface area contributed by atoms with Gasteiger partial charge in [0.25, 0.3) is 0 Å². The SMILES string of the molecule is COc1cc2c(cc1OC)S(C)(=O)=NC(N1CCCCC1)=N2. The number of methoxy groups -OCH3 is 2. The van der Waals surface area contributed by atoms with Crippen molar-refractivity contribution in [1.29, 1.82) is 0 Å². The molecule has 0 saturated carbocycles. The molecule has 1 fully saturated rings. The number of guanidine groups is 1. The molecular weight excluding hydrogens is 302 g/mol. The van der Waals surface area contributed by atoms with Crippen molar-refractivity contribution < 1.29 is 13.7 Å². The summed E-state index contributed by atoms with van der Waals surface area (Å²) in [4.78, 5) is 7.33. The largest absolute Gasteiger partial charge is 0.493 e. The van der Waals surface area contributed by atoms with Crippen molar-refractivity contribution in [2.75, 3.05) is 33.6 Å². The van der Waals surface area contributed by atoms with Gasteiger partial charge in [-0.2, -0.15) is 4.36 Å². The molecule has 22 heavy (non-hydrogen) atoms. The highest BCUT2D eigenvalue weighted by Crippen LogP contribution is 2.39. The maximum absolute atomic E-state index is 13.0. The van der Waals surface area contributed by atoms with Crippen LogP contribution in [0.25, 0.3) is 0 Å². The van der Waals surface area contributed by atoms with Gasteiger partial charge in [0.05, 0.1) is 34.5 Å². The molecule has 1 atom stereocenters. The Morgan fingerprint density at radius 1 is 1.09 bits per heavy atom. The van der Waals surface area contributed by atoms with Crippen LogP contribution in [0.15, 0.2) is 26.4 Å². The van der Waals surface area contributed by atoms with E-state index in [0.29, 0.717) is 28.0 Å². The molecule has 120 valence electrons. The molecule has 2 aliphatic rings. The highest BCUT2D eigenvalue weighted by molar-refractivity contribution is 7.93. The van der Waals surface area contributed by atoms with Crippen molar-refractivity contribution in [2.24, 2.45) is 9.36 Å². The van der Waals surface area contributed by atoms with Crippen molar-refractivity contribution >= 4 is 21.4 Å². The van der Waals surface area contributed by atoms with Crippen LogP contribution in [0, 0.1) is 0 Å². The van der Waals surface area contributed by atoms with E-state index in [4.69, 9.17) is 9.47 Å². The maximum atomic E-state index is 13.0. The Labute approximate surface area is 131 Å². The van der Waals surface area contributed by atoms with Gasteiger partial charge in [-0.3, -0.25) is 0 Å². The summed E-state index contributed by atoms with van der Waals surface area (Å²) in [6.45, 7) is 1.83. The number of fused-ring (bicyclic) bond motifs is 1. The van der Waals surface area contributed by atoms with Crippen LogP contribution in [-0.2, 0) is 9.73 Å². The monoisotopic (exact) mass is 323 g/mol. The summed E-state index contributed by atoms with van der Waals surface area (Å²) in [5.41, 5.74) is 0.653. The Morgan fingerprint density at radius 3 is 2.36 bits per heavy atom. The topological polar surface area (TPSA) is 63.5 Å². The number of likely N-dealkylation sites (tertiary alicyclic amines) is 1. The van der Waals surface area contributed by atoms with E-state index in [0.717, 1.165) is 25.9 Å². The molecule has 0 bridgehead atoms. The Bertz CT molecular complexity index is 730. The number of hydrogen-bond acceptors (Lipinski definition) is 6. The fraction of sp³-hybridized carbons (Fsp3) is 0.533. The van der Waals surface area contributed by atoms with Gasteiger partial charge in [0.2, 0.25) is 5.96 Å². The first-order valence-electron chi connectivity index (χ1n) is 7.37. The first-order valence-corrected chi connectivity index (χ1v) is 9.29. The number of rotatable bonds is 2.